The van der Waals surface area contributed by atoms with E-state index in [4.69, 9.17) is 27.2 Å². The number of benzene rings is 5. The summed E-state index contributed by atoms with van der Waals surface area (Å²) in [6, 6.07) is 80.3. The highest BCUT2D eigenvalue weighted by molar-refractivity contribution is 5.90. The first-order valence-corrected chi connectivity index (χ1v) is 48.1. The number of hydrogen-bond donors (Lipinski definition) is 4. The molecule has 0 amide bonds. The van der Waals surface area contributed by atoms with Gasteiger partial charge in [-0.1, -0.05) is 30.3 Å². The van der Waals surface area contributed by atoms with Crippen LogP contribution in [0.2, 0.25) is 0 Å². The van der Waals surface area contributed by atoms with E-state index in [9.17, 15) is 24.0 Å². The number of rotatable bonds is 12. The Morgan fingerprint density at radius 3 is 1.04 bits per heavy atom. The summed E-state index contributed by atoms with van der Waals surface area (Å²) in [6.45, 7) is 20.9. The lowest BCUT2D eigenvalue weighted by atomic mass is 9.92. The van der Waals surface area contributed by atoms with E-state index in [-0.39, 0.29) is 34.7 Å². The fourth-order valence-corrected chi connectivity index (χ4v) is 20.0. The van der Waals surface area contributed by atoms with Crippen LogP contribution in [0.15, 0.2) is 320 Å². The van der Waals surface area contributed by atoms with E-state index in [1.807, 2.05) is 243 Å². The summed E-state index contributed by atoms with van der Waals surface area (Å²) in [4.78, 5) is 79.6. The fourth-order valence-electron chi connectivity index (χ4n) is 20.0. The van der Waals surface area contributed by atoms with E-state index in [0.717, 1.165) is 201 Å². The van der Waals surface area contributed by atoms with Crippen LogP contribution in [0, 0.1) is 0 Å². The van der Waals surface area contributed by atoms with Gasteiger partial charge in [-0.25, -0.2) is 46.5 Å². The van der Waals surface area contributed by atoms with E-state index in [1.165, 1.54) is 12.8 Å². The Hall–Kier alpha value is -15.6. The van der Waals surface area contributed by atoms with Crippen molar-refractivity contribution >= 4 is 111 Å². The number of likely N-dealkylation sites (N-methyl/N-ethyl adjacent to an activating group) is 1. The Labute approximate surface area is 802 Å². The lowest BCUT2D eigenvalue weighted by Gasteiger charge is -2.47. The van der Waals surface area contributed by atoms with Crippen LogP contribution < -0.4 is 68.6 Å². The van der Waals surface area contributed by atoms with Crippen molar-refractivity contribution in [2.24, 2.45) is 0 Å². The average molecular weight is 1870 g/mol. The maximum Gasteiger partial charge on any atom is 0.345 e. The Morgan fingerprint density at radius 1 is 0.343 bits per heavy atom. The summed E-state index contributed by atoms with van der Waals surface area (Å²) in [5, 5.41) is 46.6. The first kappa shape index (κ1) is 89.6. The van der Waals surface area contributed by atoms with Crippen LogP contribution in [0.4, 0.5) is 28.4 Å². The lowest BCUT2D eigenvalue weighted by molar-refractivity contribution is 0.189. The summed E-state index contributed by atoms with van der Waals surface area (Å²) in [6.07, 6.45) is 14.0. The molecule has 7 fully saturated rings. The number of nitrogens with one attached hydrogen (secondary N) is 3. The predicted molar refractivity (Wildman–Crippen MR) is 550 cm³/mol. The summed E-state index contributed by atoms with van der Waals surface area (Å²) < 4.78 is 37.2. The molecular formula is C109H106N20O11. The van der Waals surface area contributed by atoms with E-state index in [1.54, 1.807) is 22.6 Å². The Balaban J connectivity index is 0.000000101. The Kier molecular flexibility index (Phi) is 25.0. The molecule has 27 rings (SSSR count). The van der Waals surface area contributed by atoms with Gasteiger partial charge in [-0.3, -0.25) is 4.90 Å². The van der Waals surface area contributed by atoms with Crippen molar-refractivity contribution in [1.82, 2.24) is 73.8 Å². The van der Waals surface area contributed by atoms with Crippen LogP contribution in [-0.4, -0.2) is 212 Å². The number of β-amino-alcohol motifs (C(OH)–C–C–N with tert-alkyl or cyclic N) is 1. The Bertz CT molecular complexity index is 8140. The molecule has 0 saturated carbocycles. The smallest absolute Gasteiger partial charge is 0.345 e. The SMILES string of the molecule is CN1CCCN(c2ccc3cc(-c4cc5ccccn5n4)c(=O)oc3c2)CC1.C[C@@H]1CN(c2ccc3cc(-c4cc5ccccn5n4)c(=O)oc3c2)C[C@H](C)N1.O=c1oc2cc(N3CC4CCC3CN4)ccc2cc1-c1cc2ccccn2n1.O=c1oc2cc(N3CCCNCC3)ccc2cc1-c1cc2ccccn2n1.O=c1oc2cc(N3CCN(CCO)CC3)ccc2cc1-c1cc2ccccn2n1. The van der Waals surface area contributed by atoms with Gasteiger partial charge in [-0.2, -0.15) is 25.5 Å². The van der Waals surface area contributed by atoms with Crippen LogP contribution in [0.5, 0.6) is 0 Å². The molecule has 140 heavy (non-hydrogen) atoms. The van der Waals surface area contributed by atoms with E-state index >= 15 is 0 Å². The first-order valence-electron chi connectivity index (χ1n) is 48.1. The minimum atomic E-state index is -0.383. The number of aromatic nitrogens is 10. The number of fused-ring (bicyclic) bond motifs is 13. The van der Waals surface area contributed by atoms with Crippen LogP contribution in [0.3, 0.4) is 0 Å². The second-order valence-electron chi connectivity index (χ2n) is 37.0. The van der Waals surface area contributed by atoms with Crippen molar-refractivity contribution in [1.29, 1.82) is 0 Å². The molecule has 20 aromatic rings. The van der Waals surface area contributed by atoms with Gasteiger partial charge in [-0.15, -0.1) is 0 Å². The molecule has 31 heteroatoms. The number of hydrogen-bond acceptors (Lipinski definition) is 26. The number of aliphatic hydroxyl groups is 1. The molecule has 2 unspecified atom stereocenters. The summed E-state index contributed by atoms with van der Waals surface area (Å²) >= 11 is 0. The molecule has 22 heterocycles. The Morgan fingerprint density at radius 2 is 0.686 bits per heavy atom. The van der Waals surface area contributed by atoms with Gasteiger partial charge in [0.15, 0.2) is 0 Å². The molecule has 7 aliphatic rings. The predicted octanol–water partition coefficient (Wildman–Crippen LogP) is 14.7. The fraction of sp³-hybridized carbons (Fsp3) is 0.266. The normalized spacial score (nSPS) is 17.7. The van der Waals surface area contributed by atoms with E-state index < -0.39 is 0 Å². The molecule has 7 aliphatic heterocycles. The van der Waals surface area contributed by atoms with Crippen LogP contribution >= 0.6 is 0 Å². The minimum Gasteiger partial charge on any atom is -0.422 e. The van der Waals surface area contributed by atoms with E-state index in [2.05, 4.69) is 127 Å². The van der Waals surface area contributed by atoms with Crippen LogP contribution in [0.25, 0.3) is 139 Å². The van der Waals surface area contributed by atoms with Crippen molar-refractivity contribution in [2.45, 2.75) is 63.7 Å². The third-order valence-corrected chi connectivity index (χ3v) is 27.4. The first-order chi connectivity index (χ1) is 68.5. The summed E-state index contributed by atoms with van der Waals surface area (Å²) in [5.41, 5.74) is 16.9. The highest BCUT2D eigenvalue weighted by Crippen LogP contribution is 2.36. The average Bonchev–Trinajstić information content (AvgIpc) is 1.20. The second kappa shape index (κ2) is 39.1. The van der Waals surface area contributed by atoms with Crippen LogP contribution in [-0.2, 0) is 0 Å². The molecule has 7 saturated heterocycles. The van der Waals surface area contributed by atoms with Gasteiger partial charge in [0.05, 0.1) is 62.0 Å². The molecule has 15 aromatic heterocycles. The highest BCUT2D eigenvalue weighted by atomic mass is 16.4. The van der Waals surface area contributed by atoms with Gasteiger partial charge in [-0.05, 0) is 242 Å². The quantitative estimate of drug-likeness (QED) is 0.0826. The van der Waals surface area contributed by atoms with Gasteiger partial charge >= 0.3 is 28.1 Å². The minimum absolute atomic E-state index is 0.190. The summed E-state index contributed by atoms with van der Waals surface area (Å²) in [7, 11) is 2.16. The lowest BCUT2D eigenvalue weighted by Crippen LogP contribution is -2.61. The number of piperidine rings is 2. The van der Waals surface area contributed by atoms with Gasteiger partial charge in [0.25, 0.3) is 0 Å². The number of anilines is 5. The van der Waals surface area contributed by atoms with Gasteiger partial charge in [0.1, 0.15) is 56.4 Å². The molecule has 5 aromatic carbocycles. The second-order valence-corrected chi connectivity index (χ2v) is 37.0. The molecule has 0 radical (unpaired) electrons. The molecule has 0 spiro atoms. The monoisotopic (exact) mass is 1870 g/mol. The molecular weight excluding hydrogens is 1770 g/mol. The largest absolute Gasteiger partial charge is 0.422 e. The standard InChI is InChI=1S/C22H22N4O3.C22H20N4O2.2C22H22N4O2.C21H20N4O2/c27-12-11-24-7-9-25(10-8-24)17-5-4-16-13-19(22(28)29-21(16)15-17)20-14-18-3-1-2-6-26(18)23-20;27-22-19(20-10-17-3-1-2-8-26(17)24-20)9-14-4-6-16(11-21(14)28-22)25-13-15-5-7-18(25)12-23-15;1-14-12-25(13-15(2)23-14)17-7-6-16-9-19(22(27)28-21(16)11-17)20-10-18-5-3-4-8-26(18)24-20;1-24-8-4-9-25(12-11-24)17-7-6-16-13-19(22(27)28-21(16)15-17)20-14-18-5-2-3-10-26(18)23-20;26-21-18(19-13-17-4-1-2-10-25(17)23-19)12-15-5-6-16(14-20(15)27-21)24-9-3-7-22-8-11-24/h1-6,13-15,27H,7-12H2;1-4,6,8-11,15,18,23H,5,7,12-13H2;3-11,14-15,23H,12-13H2,1-2H3;2-3,5-7,10,13-15H,4,8-9,11-12H2,1H3;1-2,4-6,10,12-14,22H,3,7-9,11H2/t;;14-,15+;;. The van der Waals surface area contributed by atoms with Crippen molar-refractivity contribution < 1.29 is 27.2 Å². The van der Waals surface area contributed by atoms with Crippen molar-refractivity contribution in [3.8, 4) is 56.3 Å². The molecule has 4 atom stereocenters. The van der Waals surface area contributed by atoms with Crippen molar-refractivity contribution in [3.63, 3.8) is 0 Å². The zero-order valence-corrected chi connectivity index (χ0v) is 78.0. The third-order valence-electron chi connectivity index (χ3n) is 27.4. The van der Waals surface area contributed by atoms with Crippen LogP contribution in [0.1, 0.15) is 39.5 Å². The zero-order valence-electron chi connectivity index (χ0n) is 78.0. The molecule has 708 valence electrons. The summed E-state index contributed by atoms with van der Waals surface area (Å²) in [5.74, 6) is 0. The van der Waals surface area contributed by atoms with E-state index in [0.29, 0.717) is 115 Å². The number of piperazine rings is 3. The highest BCUT2D eigenvalue weighted by Gasteiger charge is 2.34. The number of pyridine rings is 5. The molecule has 2 bridgehead atoms. The number of aliphatic hydroxyl groups excluding tert-OH is 1. The zero-order chi connectivity index (χ0) is 95.0. The van der Waals surface area contributed by atoms with Crippen molar-refractivity contribution in [3.05, 3.63) is 326 Å². The molecule has 31 nitrogen and oxygen atoms in total. The topological polar surface area (TPSA) is 317 Å². The maximum absolute atomic E-state index is 12.7. The van der Waals surface area contributed by atoms with Crippen molar-refractivity contribution in [2.75, 3.05) is 149 Å². The van der Waals surface area contributed by atoms with Gasteiger partial charge in [0.2, 0.25) is 0 Å². The molecule has 4 N–H and O–H groups in total. The number of nitrogens with zero attached hydrogens (tertiary/aromatic N) is 17. The maximum atomic E-state index is 12.7. The van der Waals surface area contributed by atoms with Gasteiger partial charge < -0.3 is 72.5 Å². The molecule has 0 aliphatic carbocycles. The third kappa shape index (κ3) is 19.1. The van der Waals surface area contributed by atoms with Gasteiger partial charge in [0, 0.05) is 239 Å².